The average molecular weight is 379 g/mol. The van der Waals surface area contributed by atoms with Crippen molar-refractivity contribution in [3.63, 3.8) is 0 Å². The Hall–Kier alpha value is -1.86. The molecule has 2 N–H and O–H groups in total. The van der Waals surface area contributed by atoms with Crippen molar-refractivity contribution in [1.82, 2.24) is 10.3 Å². The number of carbonyl (C=O) groups is 2. The Morgan fingerprint density at radius 1 is 1.32 bits per heavy atom. The Labute approximate surface area is 155 Å². The van der Waals surface area contributed by atoms with Gasteiger partial charge in [-0.1, -0.05) is 12.1 Å². The van der Waals surface area contributed by atoms with E-state index in [2.05, 4.69) is 10.3 Å². The van der Waals surface area contributed by atoms with Crippen molar-refractivity contribution in [3.8, 4) is 0 Å². The number of rotatable bonds is 9. The SMILES string of the molecule is Cc1csc(CCCCNC(=O)c2ccccc2SC(C)C(=O)O)n1. The molecule has 0 bridgehead atoms. The molecule has 2 aromatic rings. The van der Waals surface area contributed by atoms with Crippen LogP contribution < -0.4 is 5.32 Å². The minimum atomic E-state index is -0.891. The summed E-state index contributed by atoms with van der Waals surface area (Å²) in [7, 11) is 0. The number of thiazole rings is 1. The van der Waals surface area contributed by atoms with E-state index in [1.54, 1.807) is 36.5 Å². The molecular formula is C18H22N2O3S2. The van der Waals surface area contributed by atoms with Gasteiger partial charge in [-0.25, -0.2) is 4.98 Å². The fourth-order valence-corrected chi connectivity index (χ4v) is 3.96. The number of benzene rings is 1. The van der Waals surface area contributed by atoms with E-state index in [4.69, 9.17) is 5.11 Å². The number of aliphatic carboxylic acids is 1. The van der Waals surface area contributed by atoms with Crippen LogP contribution in [0.3, 0.4) is 0 Å². The van der Waals surface area contributed by atoms with Gasteiger partial charge in [0, 0.05) is 22.5 Å². The van der Waals surface area contributed by atoms with Gasteiger partial charge in [0.05, 0.1) is 10.6 Å². The molecule has 0 aliphatic carbocycles. The third kappa shape index (κ3) is 6.17. The highest BCUT2D eigenvalue weighted by molar-refractivity contribution is 8.00. The third-order valence-corrected chi connectivity index (χ3v) is 5.74. The van der Waals surface area contributed by atoms with Gasteiger partial charge < -0.3 is 10.4 Å². The van der Waals surface area contributed by atoms with E-state index in [0.717, 1.165) is 30.0 Å². The van der Waals surface area contributed by atoms with Gasteiger partial charge in [-0.05, 0) is 45.2 Å². The normalized spacial score (nSPS) is 11.9. The van der Waals surface area contributed by atoms with Crippen LogP contribution in [0, 0.1) is 6.92 Å². The van der Waals surface area contributed by atoms with E-state index in [-0.39, 0.29) is 5.91 Å². The predicted octanol–water partition coefficient (Wildman–Crippen LogP) is 3.77. The topological polar surface area (TPSA) is 79.3 Å². The van der Waals surface area contributed by atoms with Gasteiger partial charge in [0.25, 0.3) is 5.91 Å². The first-order valence-corrected chi connectivity index (χ1v) is 9.91. The molecule has 7 heteroatoms. The maximum atomic E-state index is 12.4. The van der Waals surface area contributed by atoms with Gasteiger partial charge in [0.15, 0.2) is 0 Å². The summed E-state index contributed by atoms with van der Waals surface area (Å²) in [6.45, 7) is 4.19. The molecule has 25 heavy (non-hydrogen) atoms. The number of amides is 1. The molecule has 134 valence electrons. The number of carboxylic acids is 1. The van der Waals surface area contributed by atoms with Crippen molar-refractivity contribution in [2.45, 2.75) is 43.3 Å². The summed E-state index contributed by atoms with van der Waals surface area (Å²) >= 11 is 2.85. The van der Waals surface area contributed by atoms with Crippen LogP contribution in [0.25, 0.3) is 0 Å². The number of nitrogens with zero attached hydrogens (tertiary/aromatic N) is 1. The second-order valence-corrected chi connectivity index (χ2v) is 8.02. The Kier molecular flexibility index (Phi) is 7.46. The first-order chi connectivity index (χ1) is 12.0. The van der Waals surface area contributed by atoms with E-state index >= 15 is 0 Å². The lowest BCUT2D eigenvalue weighted by atomic mass is 10.2. The van der Waals surface area contributed by atoms with Crippen LogP contribution in [0.5, 0.6) is 0 Å². The van der Waals surface area contributed by atoms with Crippen molar-refractivity contribution >= 4 is 35.0 Å². The lowest BCUT2D eigenvalue weighted by molar-refractivity contribution is -0.136. The highest BCUT2D eigenvalue weighted by atomic mass is 32.2. The molecule has 0 spiro atoms. The number of aryl methyl sites for hydroxylation is 2. The van der Waals surface area contributed by atoms with Crippen LogP contribution >= 0.6 is 23.1 Å². The van der Waals surface area contributed by atoms with Gasteiger partial charge >= 0.3 is 5.97 Å². The molecule has 1 aromatic carbocycles. The highest BCUT2D eigenvalue weighted by Crippen LogP contribution is 2.27. The fraction of sp³-hybridized carbons (Fsp3) is 0.389. The van der Waals surface area contributed by atoms with Crippen molar-refractivity contribution < 1.29 is 14.7 Å². The molecule has 1 aromatic heterocycles. The van der Waals surface area contributed by atoms with Crippen LogP contribution in [0.1, 0.15) is 40.8 Å². The first kappa shape index (κ1) is 19.5. The van der Waals surface area contributed by atoms with Crippen LogP contribution in [-0.2, 0) is 11.2 Å². The number of carbonyl (C=O) groups excluding carboxylic acids is 1. The average Bonchev–Trinajstić information content (AvgIpc) is 3.00. The van der Waals surface area contributed by atoms with Crippen molar-refractivity contribution in [2.24, 2.45) is 0 Å². The lowest BCUT2D eigenvalue weighted by Crippen LogP contribution is -2.25. The molecule has 0 radical (unpaired) electrons. The van der Waals surface area contributed by atoms with E-state index in [1.165, 1.54) is 11.8 Å². The summed E-state index contributed by atoms with van der Waals surface area (Å²) in [4.78, 5) is 28.5. The van der Waals surface area contributed by atoms with Crippen LogP contribution in [0.4, 0.5) is 0 Å². The first-order valence-electron chi connectivity index (χ1n) is 8.15. The van der Waals surface area contributed by atoms with Crippen LogP contribution in [0.2, 0.25) is 0 Å². The molecule has 1 amide bonds. The summed E-state index contributed by atoms with van der Waals surface area (Å²) in [5.41, 5.74) is 1.58. The van der Waals surface area contributed by atoms with Gasteiger partial charge in [-0.15, -0.1) is 23.1 Å². The Bertz CT molecular complexity index is 731. The third-order valence-electron chi connectivity index (χ3n) is 3.55. The number of hydrogen-bond donors (Lipinski definition) is 2. The molecule has 1 unspecified atom stereocenters. The molecule has 0 saturated carbocycles. The molecule has 0 aliphatic rings. The second kappa shape index (κ2) is 9.58. The Balaban J connectivity index is 1.81. The van der Waals surface area contributed by atoms with Gasteiger partial charge in [0.1, 0.15) is 5.25 Å². The largest absolute Gasteiger partial charge is 0.480 e. The number of aromatic nitrogens is 1. The zero-order valence-electron chi connectivity index (χ0n) is 14.3. The lowest BCUT2D eigenvalue weighted by Gasteiger charge is -2.11. The van der Waals surface area contributed by atoms with Crippen LogP contribution in [-0.4, -0.2) is 33.8 Å². The van der Waals surface area contributed by atoms with Gasteiger partial charge in [-0.3, -0.25) is 9.59 Å². The minimum absolute atomic E-state index is 0.161. The molecule has 1 atom stereocenters. The molecule has 5 nitrogen and oxygen atoms in total. The molecule has 0 saturated heterocycles. The van der Waals surface area contributed by atoms with Crippen molar-refractivity contribution in [3.05, 3.63) is 45.9 Å². The van der Waals surface area contributed by atoms with Crippen LogP contribution in [0.15, 0.2) is 34.5 Å². The van der Waals surface area contributed by atoms with E-state index in [1.807, 2.05) is 18.4 Å². The zero-order valence-corrected chi connectivity index (χ0v) is 16.0. The van der Waals surface area contributed by atoms with Gasteiger partial charge in [-0.2, -0.15) is 0 Å². The Morgan fingerprint density at radius 2 is 2.08 bits per heavy atom. The van der Waals surface area contributed by atoms with E-state index in [9.17, 15) is 9.59 Å². The molecule has 0 aliphatic heterocycles. The molecular weight excluding hydrogens is 356 g/mol. The van der Waals surface area contributed by atoms with Crippen molar-refractivity contribution in [1.29, 1.82) is 0 Å². The second-order valence-electron chi connectivity index (χ2n) is 5.69. The van der Waals surface area contributed by atoms with E-state index in [0.29, 0.717) is 17.0 Å². The smallest absolute Gasteiger partial charge is 0.316 e. The summed E-state index contributed by atoms with van der Waals surface area (Å²) in [5, 5.41) is 14.5. The van der Waals surface area contributed by atoms with Gasteiger partial charge in [0.2, 0.25) is 0 Å². The summed E-state index contributed by atoms with van der Waals surface area (Å²) in [5.74, 6) is -1.05. The maximum absolute atomic E-state index is 12.4. The molecule has 1 heterocycles. The zero-order chi connectivity index (χ0) is 18.2. The summed E-state index contributed by atoms with van der Waals surface area (Å²) < 4.78 is 0. The monoisotopic (exact) mass is 378 g/mol. The highest BCUT2D eigenvalue weighted by Gasteiger charge is 2.17. The summed E-state index contributed by atoms with van der Waals surface area (Å²) in [6, 6.07) is 7.10. The summed E-state index contributed by atoms with van der Waals surface area (Å²) in [6.07, 6.45) is 2.78. The number of thioether (sulfide) groups is 1. The predicted molar refractivity (Wildman–Crippen MR) is 102 cm³/mol. The van der Waals surface area contributed by atoms with Crippen molar-refractivity contribution in [2.75, 3.05) is 6.54 Å². The minimum Gasteiger partial charge on any atom is -0.480 e. The number of hydrogen-bond acceptors (Lipinski definition) is 5. The maximum Gasteiger partial charge on any atom is 0.316 e. The molecule has 2 rings (SSSR count). The standard InChI is InChI=1S/C18H22N2O3S2/c1-12-11-24-16(20-12)9-5-6-10-19-17(21)14-7-3-4-8-15(14)25-13(2)18(22)23/h3-4,7-8,11,13H,5-6,9-10H2,1-2H3,(H,19,21)(H,22,23). The molecule has 0 fully saturated rings. The Morgan fingerprint density at radius 3 is 2.76 bits per heavy atom. The van der Waals surface area contributed by atoms with E-state index < -0.39 is 11.2 Å². The number of unbranched alkanes of at least 4 members (excludes halogenated alkanes) is 1. The quantitative estimate of drug-likeness (QED) is 0.513. The number of carboxylic acid groups (broad SMARTS) is 1. The fourth-order valence-electron chi connectivity index (χ4n) is 2.21. The number of nitrogens with one attached hydrogen (secondary N) is 1.